The molecule has 0 radical (unpaired) electrons. The quantitative estimate of drug-likeness (QED) is 0.223. The SMILES string of the molecule is CCOc1cc(/C=C2\SC(=O)N(CC(=O)Nc3cc(C(F)(F)F)ccc3OC)C2=O)cc(Br)c1OCc1ccc(C)cc1. The lowest BCUT2D eigenvalue weighted by Crippen LogP contribution is -2.36. The number of amides is 3. The second-order valence-electron chi connectivity index (χ2n) is 9.27. The van der Waals surface area contributed by atoms with Gasteiger partial charge in [-0.05, 0) is 89.1 Å². The molecule has 0 spiro atoms. The van der Waals surface area contributed by atoms with Gasteiger partial charge in [0.1, 0.15) is 18.9 Å². The molecule has 0 aliphatic carbocycles. The Balaban J connectivity index is 1.49. The molecule has 226 valence electrons. The van der Waals surface area contributed by atoms with Gasteiger partial charge in [0.2, 0.25) is 5.91 Å². The van der Waals surface area contributed by atoms with Gasteiger partial charge in [0, 0.05) is 0 Å². The zero-order valence-electron chi connectivity index (χ0n) is 23.2. The summed E-state index contributed by atoms with van der Waals surface area (Å²) < 4.78 is 56.8. The molecule has 0 aromatic heterocycles. The predicted octanol–water partition coefficient (Wildman–Crippen LogP) is 7.44. The number of alkyl halides is 3. The first-order chi connectivity index (χ1) is 20.4. The normalized spacial score (nSPS) is 14.3. The van der Waals surface area contributed by atoms with E-state index in [2.05, 4.69) is 21.2 Å². The molecule has 43 heavy (non-hydrogen) atoms. The van der Waals surface area contributed by atoms with Crippen LogP contribution in [-0.4, -0.2) is 42.2 Å². The zero-order valence-corrected chi connectivity index (χ0v) is 25.6. The summed E-state index contributed by atoms with van der Waals surface area (Å²) in [5.41, 5.74) is 1.38. The van der Waals surface area contributed by atoms with E-state index in [4.69, 9.17) is 14.2 Å². The van der Waals surface area contributed by atoms with Crippen molar-refractivity contribution in [2.24, 2.45) is 0 Å². The third-order valence-electron chi connectivity index (χ3n) is 6.11. The number of hydrogen-bond acceptors (Lipinski definition) is 7. The Labute approximate surface area is 258 Å². The minimum absolute atomic E-state index is 0.0163. The highest BCUT2D eigenvalue weighted by atomic mass is 79.9. The summed E-state index contributed by atoms with van der Waals surface area (Å²) in [6.07, 6.45) is -3.17. The maximum atomic E-state index is 13.2. The van der Waals surface area contributed by atoms with E-state index in [1.807, 2.05) is 38.1 Å². The summed E-state index contributed by atoms with van der Waals surface area (Å²) in [6.45, 7) is 3.75. The number of carbonyl (C=O) groups is 3. The van der Waals surface area contributed by atoms with Crippen LogP contribution in [0.2, 0.25) is 0 Å². The molecule has 4 rings (SSSR count). The first kappa shape index (κ1) is 32.0. The topological polar surface area (TPSA) is 94.2 Å². The number of halogens is 4. The highest BCUT2D eigenvalue weighted by Gasteiger charge is 2.37. The highest BCUT2D eigenvalue weighted by molar-refractivity contribution is 9.10. The van der Waals surface area contributed by atoms with Gasteiger partial charge in [-0.3, -0.25) is 19.3 Å². The van der Waals surface area contributed by atoms with Crippen LogP contribution in [0, 0.1) is 6.92 Å². The number of thioether (sulfide) groups is 1. The van der Waals surface area contributed by atoms with Crippen LogP contribution in [-0.2, 0) is 22.4 Å². The van der Waals surface area contributed by atoms with E-state index >= 15 is 0 Å². The monoisotopic (exact) mass is 678 g/mol. The third-order valence-corrected chi connectivity index (χ3v) is 7.61. The Morgan fingerprint density at radius 1 is 1.05 bits per heavy atom. The third kappa shape index (κ3) is 7.90. The summed E-state index contributed by atoms with van der Waals surface area (Å²) in [5, 5.41) is 1.59. The molecule has 3 amide bonds. The van der Waals surface area contributed by atoms with Gasteiger partial charge in [-0.25, -0.2) is 0 Å². The van der Waals surface area contributed by atoms with Crippen LogP contribution in [0.25, 0.3) is 6.08 Å². The number of methoxy groups -OCH3 is 1. The smallest absolute Gasteiger partial charge is 0.416 e. The van der Waals surface area contributed by atoms with E-state index in [0.717, 1.165) is 23.3 Å². The molecule has 1 saturated heterocycles. The van der Waals surface area contributed by atoms with Crippen molar-refractivity contribution >= 4 is 56.5 Å². The number of nitrogens with one attached hydrogen (secondary N) is 1. The summed E-state index contributed by atoms with van der Waals surface area (Å²) in [7, 11) is 1.23. The molecule has 0 unspecified atom stereocenters. The first-order valence-corrected chi connectivity index (χ1v) is 14.5. The minimum atomic E-state index is -4.65. The lowest BCUT2D eigenvalue weighted by Gasteiger charge is -2.16. The number of rotatable bonds is 10. The van der Waals surface area contributed by atoms with Crippen molar-refractivity contribution in [3.8, 4) is 17.2 Å². The van der Waals surface area contributed by atoms with Gasteiger partial charge in [0.25, 0.3) is 11.1 Å². The molecular weight excluding hydrogens is 653 g/mol. The lowest BCUT2D eigenvalue weighted by atomic mass is 10.1. The summed E-state index contributed by atoms with van der Waals surface area (Å²) in [6, 6.07) is 13.9. The maximum absolute atomic E-state index is 13.2. The molecular formula is C30H26BrF3N2O6S. The van der Waals surface area contributed by atoms with E-state index in [1.54, 1.807) is 12.1 Å². The molecule has 1 aliphatic rings. The zero-order chi connectivity index (χ0) is 31.3. The van der Waals surface area contributed by atoms with Crippen molar-refractivity contribution in [2.45, 2.75) is 26.6 Å². The number of aryl methyl sites for hydroxylation is 1. The Hall–Kier alpha value is -3.97. The van der Waals surface area contributed by atoms with Gasteiger partial charge in [0.15, 0.2) is 11.5 Å². The molecule has 3 aromatic rings. The van der Waals surface area contributed by atoms with E-state index in [1.165, 1.54) is 13.2 Å². The fourth-order valence-electron chi connectivity index (χ4n) is 4.02. The van der Waals surface area contributed by atoms with Gasteiger partial charge < -0.3 is 19.5 Å². The van der Waals surface area contributed by atoms with Crippen LogP contribution < -0.4 is 19.5 Å². The van der Waals surface area contributed by atoms with Crippen molar-refractivity contribution in [1.29, 1.82) is 0 Å². The predicted molar refractivity (Wildman–Crippen MR) is 160 cm³/mol. The highest BCUT2D eigenvalue weighted by Crippen LogP contribution is 2.40. The largest absolute Gasteiger partial charge is 0.495 e. The number of ether oxygens (including phenoxy) is 3. The Bertz CT molecular complexity index is 1580. The van der Waals surface area contributed by atoms with Gasteiger partial charge >= 0.3 is 6.18 Å². The van der Waals surface area contributed by atoms with E-state index < -0.39 is 35.3 Å². The Morgan fingerprint density at radius 3 is 2.42 bits per heavy atom. The van der Waals surface area contributed by atoms with Crippen LogP contribution in [0.4, 0.5) is 23.7 Å². The Morgan fingerprint density at radius 2 is 1.77 bits per heavy atom. The van der Waals surface area contributed by atoms with Crippen molar-refractivity contribution in [2.75, 3.05) is 25.6 Å². The average Bonchev–Trinajstić information content (AvgIpc) is 3.20. The molecule has 1 aliphatic heterocycles. The second kappa shape index (κ2) is 13.6. The van der Waals surface area contributed by atoms with Crippen LogP contribution in [0.3, 0.4) is 0 Å². The standard InChI is InChI=1S/C30H26BrF3N2O6S/c1-4-41-24-12-19(11-21(31)27(24)42-16-18-7-5-17(2)6-8-18)13-25-28(38)36(29(39)43-25)15-26(37)35-22-14-20(30(32,33)34)9-10-23(22)40-3/h5-14H,4,15-16H2,1-3H3,(H,35,37)/b25-13-. The van der Waals surface area contributed by atoms with E-state index in [-0.39, 0.29) is 16.3 Å². The first-order valence-electron chi connectivity index (χ1n) is 12.8. The number of hydrogen-bond donors (Lipinski definition) is 1. The fourth-order valence-corrected chi connectivity index (χ4v) is 5.43. The number of benzene rings is 3. The van der Waals surface area contributed by atoms with Crippen molar-refractivity contribution < 1.29 is 41.8 Å². The summed E-state index contributed by atoms with van der Waals surface area (Å²) in [4.78, 5) is 39.1. The second-order valence-corrected chi connectivity index (χ2v) is 11.1. The molecule has 13 heteroatoms. The number of nitrogens with zero attached hydrogens (tertiary/aromatic N) is 1. The van der Waals surface area contributed by atoms with Crippen molar-refractivity contribution in [1.82, 2.24) is 4.90 Å². The van der Waals surface area contributed by atoms with Crippen molar-refractivity contribution in [3.05, 3.63) is 86.2 Å². The minimum Gasteiger partial charge on any atom is -0.495 e. The molecule has 1 heterocycles. The molecule has 1 fully saturated rings. The van der Waals surface area contributed by atoms with Gasteiger partial charge in [-0.15, -0.1) is 0 Å². The van der Waals surface area contributed by atoms with Crippen LogP contribution in [0.5, 0.6) is 17.2 Å². The average molecular weight is 680 g/mol. The van der Waals surface area contributed by atoms with Crippen LogP contribution >= 0.6 is 27.7 Å². The van der Waals surface area contributed by atoms with E-state index in [0.29, 0.717) is 57.5 Å². The maximum Gasteiger partial charge on any atom is 0.416 e. The number of anilines is 1. The molecule has 8 nitrogen and oxygen atoms in total. The summed E-state index contributed by atoms with van der Waals surface area (Å²) in [5.74, 6) is -0.733. The molecule has 3 aromatic carbocycles. The van der Waals surface area contributed by atoms with Gasteiger partial charge in [0.05, 0.1) is 34.3 Å². The van der Waals surface area contributed by atoms with Gasteiger partial charge in [-0.1, -0.05) is 29.8 Å². The number of carbonyl (C=O) groups excluding carboxylic acids is 3. The van der Waals surface area contributed by atoms with Crippen LogP contribution in [0.1, 0.15) is 29.2 Å². The lowest BCUT2D eigenvalue weighted by molar-refractivity contribution is -0.137. The van der Waals surface area contributed by atoms with Crippen molar-refractivity contribution in [3.63, 3.8) is 0 Å². The van der Waals surface area contributed by atoms with Gasteiger partial charge in [-0.2, -0.15) is 13.2 Å². The van der Waals surface area contributed by atoms with E-state index in [9.17, 15) is 27.6 Å². The fraction of sp³-hybridized carbons (Fsp3) is 0.233. The summed E-state index contributed by atoms with van der Waals surface area (Å²) >= 11 is 4.13. The Kier molecular flexibility index (Phi) is 10.1. The molecule has 1 N–H and O–H groups in total. The van der Waals surface area contributed by atoms with Crippen LogP contribution in [0.15, 0.2) is 64.0 Å². The molecule has 0 saturated carbocycles. The number of imide groups is 1. The molecule has 0 bridgehead atoms. The molecule has 0 atom stereocenters.